The van der Waals surface area contributed by atoms with Gasteiger partial charge in [0.25, 0.3) is 5.91 Å². The van der Waals surface area contributed by atoms with Crippen molar-refractivity contribution < 1.29 is 19.4 Å². The quantitative estimate of drug-likeness (QED) is 0.684. The van der Waals surface area contributed by atoms with E-state index in [4.69, 9.17) is 9.84 Å². The third kappa shape index (κ3) is 5.75. The summed E-state index contributed by atoms with van der Waals surface area (Å²) in [5.74, 6) is -0.365. The smallest absolute Gasteiger partial charge is 0.335 e. The van der Waals surface area contributed by atoms with Crippen molar-refractivity contribution in [3.63, 3.8) is 0 Å². The molecule has 0 aliphatic carbocycles. The number of piperidine rings is 1. The van der Waals surface area contributed by atoms with Gasteiger partial charge in [-0.05, 0) is 75.4 Å². The summed E-state index contributed by atoms with van der Waals surface area (Å²) in [6.07, 6.45) is 4.17. The summed E-state index contributed by atoms with van der Waals surface area (Å²) in [6, 6.07) is 12.5. The molecule has 0 bridgehead atoms. The van der Waals surface area contributed by atoms with E-state index in [9.17, 15) is 9.59 Å². The summed E-state index contributed by atoms with van der Waals surface area (Å²) in [7, 11) is 0. The van der Waals surface area contributed by atoms with Crippen molar-refractivity contribution in [2.45, 2.75) is 45.6 Å². The van der Waals surface area contributed by atoms with Crippen molar-refractivity contribution in [3.05, 3.63) is 59.2 Å². The molecule has 160 valence electrons. The number of benzene rings is 2. The maximum absolute atomic E-state index is 13.0. The minimum absolute atomic E-state index is 0.0375. The maximum Gasteiger partial charge on any atom is 0.335 e. The largest absolute Gasteiger partial charge is 0.491 e. The molecule has 1 heterocycles. The second kappa shape index (κ2) is 10.1. The van der Waals surface area contributed by atoms with Crippen LogP contribution in [0.15, 0.2) is 42.5 Å². The molecular formula is C24H30N2O4. The highest BCUT2D eigenvalue weighted by Gasteiger charge is 2.19. The molecule has 0 saturated carbocycles. The van der Waals surface area contributed by atoms with Crippen LogP contribution in [0.2, 0.25) is 0 Å². The lowest BCUT2D eigenvalue weighted by atomic mass is 10.1. The first-order valence-electron chi connectivity index (χ1n) is 10.6. The number of amides is 1. The van der Waals surface area contributed by atoms with Gasteiger partial charge >= 0.3 is 5.97 Å². The Hall–Kier alpha value is -3.02. The van der Waals surface area contributed by atoms with E-state index in [0.717, 1.165) is 37.2 Å². The summed E-state index contributed by atoms with van der Waals surface area (Å²) in [6.45, 7) is 6.32. The van der Waals surface area contributed by atoms with Crippen molar-refractivity contribution in [3.8, 4) is 5.75 Å². The number of carbonyl (C=O) groups excluding carboxylic acids is 1. The molecule has 6 nitrogen and oxygen atoms in total. The molecule has 2 aromatic carbocycles. The van der Waals surface area contributed by atoms with Gasteiger partial charge in [-0.1, -0.05) is 12.1 Å². The lowest BCUT2D eigenvalue weighted by Gasteiger charge is -2.30. The number of carbonyl (C=O) groups is 2. The summed E-state index contributed by atoms with van der Waals surface area (Å²) >= 11 is 0. The van der Waals surface area contributed by atoms with Crippen LogP contribution in [0.3, 0.4) is 0 Å². The number of carboxylic acids is 1. The summed E-state index contributed by atoms with van der Waals surface area (Å²) in [5, 5.41) is 12.0. The third-order valence-corrected chi connectivity index (χ3v) is 5.18. The van der Waals surface area contributed by atoms with Crippen LogP contribution in [0.25, 0.3) is 0 Å². The molecular weight excluding hydrogens is 380 g/mol. The number of aromatic carboxylic acids is 1. The minimum atomic E-state index is -0.941. The fourth-order valence-electron chi connectivity index (χ4n) is 3.68. The van der Waals surface area contributed by atoms with E-state index in [-0.39, 0.29) is 17.6 Å². The first kappa shape index (κ1) is 21.7. The highest BCUT2D eigenvalue weighted by molar-refractivity contribution is 6.00. The molecule has 2 N–H and O–H groups in total. The van der Waals surface area contributed by atoms with Gasteiger partial charge in [0.15, 0.2) is 0 Å². The van der Waals surface area contributed by atoms with Gasteiger partial charge in [0.1, 0.15) is 5.75 Å². The Labute approximate surface area is 177 Å². The minimum Gasteiger partial charge on any atom is -0.491 e. The Morgan fingerprint density at radius 3 is 2.40 bits per heavy atom. The fraction of sp³-hybridized carbons (Fsp3) is 0.417. The van der Waals surface area contributed by atoms with Gasteiger partial charge < -0.3 is 20.1 Å². The molecule has 3 rings (SSSR count). The number of hydrogen-bond acceptors (Lipinski definition) is 4. The molecule has 1 fully saturated rings. The number of nitrogens with one attached hydrogen (secondary N) is 1. The predicted octanol–water partition coefficient (Wildman–Crippen LogP) is 4.13. The highest BCUT2D eigenvalue weighted by atomic mass is 16.5. The summed E-state index contributed by atoms with van der Waals surface area (Å²) in [5.41, 5.74) is 2.83. The Kier molecular flexibility index (Phi) is 7.33. The van der Waals surface area contributed by atoms with Crippen molar-refractivity contribution in [1.29, 1.82) is 0 Å². The Morgan fingerprint density at radius 2 is 1.77 bits per heavy atom. The summed E-state index contributed by atoms with van der Waals surface area (Å²) < 4.78 is 5.81. The molecule has 0 atom stereocenters. The molecule has 1 aliphatic rings. The molecule has 0 aromatic heterocycles. The lowest BCUT2D eigenvalue weighted by molar-refractivity contribution is 0.0696. The molecule has 0 radical (unpaired) electrons. The van der Waals surface area contributed by atoms with Crippen molar-refractivity contribution in [1.82, 2.24) is 5.32 Å². The lowest BCUT2D eigenvalue weighted by Crippen LogP contribution is -2.33. The molecule has 30 heavy (non-hydrogen) atoms. The van der Waals surface area contributed by atoms with Crippen LogP contribution in [0.1, 0.15) is 59.4 Å². The van der Waals surface area contributed by atoms with Crippen LogP contribution in [-0.4, -0.2) is 42.7 Å². The highest BCUT2D eigenvalue weighted by Crippen LogP contribution is 2.28. The van der Waals surface area contributed by atoms with Crippen LogP contribution in [0.5, 0.6) is 5.75 Å². The van der Waals surface area contributed by atoms with Gasteiger partial charge in [-0.2, -0.15) is 0 Å². The zero-order valence-electron chi connectivity index (χ0n) is 17.7. The van der Waals surface area contributed by atoms with Gasteiger partial charge in [0.05, 0.1) is 17.2 Å². The van der Waals surface area contributed by atoms with E-state index < -0.39 is 5.97 Å². The first-order chi connectivity index (χ1) is 14.4. The van der Waals surface area contributed by atoms with E-state index in [2.05, 4.69) is 10.2 Å². The number of ether oxygens (including phenoxy) is 1. The monoisotopic (exact) mass is 410 g/mol. The standard InChI is InChI=1S/C24H30N2O4/c1-17(2)30-20-10-11-22(26-14-4-3-5-15-26)21(16-20)23(27)25-13-12-18-6-8-19(9-7-18)24(28)29/h6-11,16-17H,3-5,12-15H2,1-2H3,(H,25,27)(H,28,29). The Bertz CT molecular complexity index is 871. The van der Waals surface area contributed by atoms with Crippen LogP contribution in [0, 0.1) is 0 Å². The Balaban J connectivity index is 1.69. The van der Waals surface area contributed by atoms with Gasteiger partial charge in [0, 0.05) is 25.3 Å². The zero-order valence-corrected chi connectivity index (χ0v) is 17.7. The van der Waals surface area contributed by atoms with Crippen LogP contribution in [0.4, 0.5) is 5.69 Å². The van der Waals surface area contributed by atoms with E-state index in [1.54, 1.807) is 24.3 Å². The number of rotatable bonds is 8. The topological polar surface area (TPSA) is 78.9 Å². The van der Waals surface area contributed by atoms with Gasteiger partial charge in [-0.25, -0.2) is 4.79 Å². The number of nitrogens with zero attached hydrogens (tertiary/aromatic N) is 1. The summed E-state index contributed by atoms with van der Waals surface area (Å²) in [4.78, 5) is 26.2. The zero-order chi connectivity index (χ0) is 21.5. The van der Waals surface area contributed by atoms with Gasteiger partial charge in [-0.15, -0.1) is 0 Å². The maximum atomic E-state index is 13.0. The second-order valence-corrected chi connectivity index (χ2v) is 7.90. The van der Waals surface area contributed by atoms with Crippen molar-refractivity contribution in [2.24, 2.45) is 0 Å². The fourth-order valence-corrected chi connectivity index (χ4v) is 3.68. The average Bonchev–Trinajstić information content (AvgIpc) is 2.74. The number of hydrogen-bond donors (Lipinski definition) is 2. The number of carboxylic acid groups (broad SMARTS) is 1. The van der Waals surface area contributed by atoms with Crippen molar-refractivity contribution >= 4 is 17.6 Å². The van der Waals surface area contributed by atoms with E-state index in [1.807, 2.05) is 32.0 Å². The number of anilines is 1. The Morgan fingerprint density at radius 1 is 1.07 bits per heavy atom. The molecule has 2 aromatic rings. The molecule has 1 saturated heterocycles. The normalized spacial score (nSPS) is 13.9. The second-order valence-electron chi connectivity index (χ2n) is 7.90. The van der Waals surface area contributed by atoms with E-state index >= 15 is 0 Å². The van der Waals surface area contributed by atoms with Gasteiger partial charge in [-0.3, -0.25) is 4.79 Å². The molecule has 6 heteroatoms. The third-order valence-electron chi connectivity index (χ3n) is 5.18. The van der Waals surface area contributed by atoms with Crippen molar-refractivity contribution in [2.75, 3.05) is 24.5 Å². The van der Waals surface area contributed by atoms with Crippen LogP contribution < -0.4 is 15.0 Å². The van der Waals surface area contributed by atoms with E-state index in [1.165, 1.54) is 6.42 Å². The molecule has 1 aliphatic heterocycles. The molecule has 1 amide bonds. The molecule has 0 unspecified atom stereocenters. The predicted molar refractivity (Wildman–Crippen MR) is 118 cm³/mol. The van der Waals surface area contributed by atoms with E-state index in [0.29, 0.717) is 24.3 Å². The van der Waals surface area contributed by atoms with Crippen LogP contribution >= 0.6 is 0 Å². The van der Waals surface area contributed by atoms with Crippen LogP contribution in [-0.2, 0) is 6.42 Å². The van der Waals surface area contributed by atoms with Gasteiger partial charge in [0.2, 0.25) is 0 Å². The molecule has 0 spiro atoms. The average molecular weight is 411 g/mol. The first-order valence-corrected chi connectivity index (χ1v) is 10.6. The SMILES string of the molecule is CC(C)Oc1ccc(N2CCCCC2)c(C(=O)NCCc2ccc(C(=O)O)cc2)c1.